The van der Waals surface area contributed by atoms with Crippen molar-refractivity contribution in [2.45, 2.75) is 20.4 Å². The lowest BCUT2D eigenvalue weighted by Gasteiger charge is -2.08. The van der Waals surface area contributed by atoms with E-state index in [1.54, 1.807) is 6.07 Å². The Morgan fingerprint density at radius 3 is 2.69 bits per heavy atom. The van der Waals surface area contributed by atoms with Crippen LogP contribution in [0.1, 0.15) is 18.2 Å². The second kappa shape index (κ2) is 6.55. The first kappa shape index (κ1) is 16.2. The number of H-pyrrole nitrogens is 1. The van der Waals surface area contributed by atoms with Crippen LogP contribution in [-0.2, 0) is 6.54 Å². The molecule has 2 aromatic heterocycles. The van der Waals surface area contributed by atoms with Crippen molar-refractivity contribution >= 4 is 11.2 Å². The third-order valence-corrected chi connectivity index (χ3v) is 4.29. The Hall–Kier alpha value is -3.28. The van der Waals surface area contributed by atoms with Gasteiger partial charge in [-0.05, 0) is 31.5 Å². The average Bonchev–Trinajstić information content (AvgIpc) is 3.20. The Kier molecular flexibility index (Phi) is 4.08. The van der Waals surface area contributed by atoms with Crippen LogP contribution < -0.4 is 4.74 Å². The minimum atomic E-state index is 0.0889. The molecule has 2 heterocycles. The molecular weight excluding hydrogens is 328 g/mol. The topological polar surface area (TPSA) is 76.0 Å². The maximum atomic E-state index is 10.5. The van der Waals surface area contributed by atoms with Gasteiger partial charge in [0.1, 0.15) is 11.3 Å². The number of nitrogens with one attached hydrogen (secondary N) is 1. The molecule has 0 saturated heterocycles. The lowest BCUT2D eigenvalue weighted by molar-refractivity contribution is 0.318. The molecule has 0 bridgehead atoms. The van der Waals surface area contributed by atoms with E-state index in [1.807, 2.05) is 48.9 Å². The number of imidazole rings is 1. The largest absolute Gasteiger partial charge is 0.504 e. The third kappa shape index (κ3) is 2.79. The van der Waals surface area contributed by atoms with Gasteiger partial charge in [0.15, 0.2) is 17.1 Å². The lowest BCUT2D eigenvalue weighted by Crippen LogP contribution is -2.02. The highest BCUT2D eigenvalue weighted by Crippen LogP contribution is 2.36. The number of nitrogens with zero attached hydrogens (tertiary/aromatic N) is 3. The molecule has 0 aliphatic heterocycles. The number of rotatable bonds is 5. The number of phenols is 1. The molecule has 0 spiro atoms. The SMILES string of the molecule is CCOc1cccc(-c2nc3c([nH]2)c(C)nn3Cc2ccccc2)c1O. The first-order valence-corrected chi connectivity index (χ1v) is 8.59. The smallest absolute Gasteiger partial charge is 0.177 e. The van der Waals surface area contributed by atoms with Crippen LogP contribution in [-0.4, -0.2) is 31.5 Å². The summed E-state index contributed by atoms with van der Waals surface area (Å²) < 4.78 is 7.35. The fraction of sp³-hybridized carbons (Fsp3) is 0.200. The monoisotopic (exact) mass is 348 g/mol. The van der Waals surface area contributed by atoms with Crippen molar-refractivity contribution < 1.29 is 9.84 Å². The predicted octanol–water partition coefficient (Wildman–Crippen LogP) is 3.89. The van der Waals surface area contributed by atoms with Crippen molar-refractivity contribution in [3.63, 3.8) is 0 Å². The number of benzene rings is 2. The van der Waals surface area contributed by atoms with Crippen LogP contribution in [0.4, 0.5) is 0 Å². The summed E-state index contributed by atoms with van der Waals surface area (Å²) in [6, 6.07) is 15.5. The van der Waals surface area contributed by atoms with Gasteiger partial charge in [-0.1, -0.05) is 36.4 Å². The van der Waals surface area contributed by atoms with Crippen LogP contribution in [0, 0.1) is 6.92 Å². The Morgan fingerprint density at radius 2 is 1.92 bits per heavy atom. The molecule has 0 unspecified atom stereocenters. The number of aromatic hydroxyl groups is 1. The zero-order chi connectivity index (χ0) is 18.1. The van der Waals surface area contributed by atoms with Gasteiger partial charge in [0.05, 0.1) is 24.4 Å². The molecule has 132 valence electrons. The number of fused-ring (bicyclic) bond motifs is 1. The summed E-state index contributed by atoms with van der Waals surface area (Å²) in [4.78, 5) is 7.98. The van der Waals surface area contributed by atoms with Crippen molar-refractivity contribution in [1.82, 2.24) is 19.7 Å². The molecule has 6 nitrogen and oxygen atoms in total. The highest BCUT2D eigenvalue weighted by molar-refractivity contribution is 5.81. The number of aromatic nitrogens is 4. The summed E-state index contributed by atoms with van der Waals surface area (Å²) in [6.45, 7) is 4.96. The van der Waals surface area contributed by atoms with Crippen molar-refractivity contribution in [3.8, 4) is 22.9 Å². The summed E-state index contributed by atoms with van der Waals surface area (Å²) in [5.74, 6) is 1.14. The second-order valence-electron chi connectivity index (χ2n) is 6.10. The van der Waals surface area contributed by atoms with Crippen LogP contribution in [0.5, 0.6) is 11.5 Å². The Bertz CT molecular complexity index is 1050. The van der Waals surface area contributed by atoms with Gasteiger partial charge < -0.3 is 14.8 Å². The van der Waals surface area contributed by atoms with Crippen molar-refractivity contribution in [2.75, 3.05) is 6.61 Å². The summed E-state index contributed by atoms with van der Waals surface area (Å²) in [7, 11) is 0. The van der Waals surface area contributed by atoms with E-state index < -0.39 is 0 Å². The van der Waals surface area contributed by atoms with Gasteiger partial charge in [-0.3, -0.25) is 0 Å². The van der Waals surface area contributed by atoms with E-state index in [-0.39, 0.29) is 5.75 Å². The van der Waals surface area contributed by atoms with Crippen LogP contribution in [0.15, 0.2) is 48.5 Å². The van der Waals surface area contributed by atoms with Gasteiger partial charge in [0.2, 0.25) is 0 Å². The molecule has 0 amide bonds. The minimum absolute atomic E-state index is 0.0889. The highest BCUT2D eigenvalue weighted by atomic mass is 16.5. The van der Waals surface area contributed by atoms with Gasteiger partial charge in [-0.25, -0.2) is 9.67 Å². The van der Waals surface area contributed by atoms with Gasteiger partial charge >= 0.3 is 0 Å². The van der Waals surface area contributed by atoms with E-state index in [9.17, 15) is 5.11 Å². The van der Waals surface area contributed by atoms with E-state index in [4.69, 9.17) is 9.72 Å². The van der Waals surface area contributed by atoms with Crippen LogP contribution in [0.2, 0.25) is 0 Å². The molecule has 0 fully saturated rings. The quantitative estimate of drug-likeness (QED) is 0.574. The Labute approximate surface area is 151 Å². The maximum absolute atomic E-state index is 10.5. The number of hydrogen-bond acceptors (Lipinski definition) is 4. The van der Waals surface area contributed by atoms with Crippen LogP contribution in [0.25, 0.3) is 22.6 Å². The molecule has 2 aromatic carbocycles. The van der Waals surface area contributed by atoms with Crippen LogP contribution in [0.3, 0.4) is 0 Å². The van der Waals surface area contributed by atoms with E-state index in [1.165, 1.54) is 0 Å². The Balaban J connectivity index is 1.77. The van der Waals surface area contributed by atoms with E-state index in [0.717, 1.165) is 22.4 Å². The zero-order valence-electron chi connectivity index (χ0n) is 14.7. The normalized spacial score (nSPS) is 11.2. The highest BCUT2D eigenvalue weighted by Gasteiger charge is 2.17. The second-order valence-corrected chi connectivity index (χ2v) is 6.10. The molecule has 0 aliphatic carbocycles. The standard InChI is InChI=1S/C20H20N4O2/c1-3-26-16-11-7-10-15(18(16)25)19-21-17-13(2)23-24(20(17)22-19)12-14-8-5-4-6-9-14/h4-11,25H,3,12H2,1-2H3,(H,21,22). The van der Waals surface area contributed by atoms with Crippen LogP contribution >= 0.6 is 0 Å². The third-order valence-electron chi connectivity index (χ3n) is 4.29. The molecular formula is C20H20N4O2. The molecule has 0 saturated carbocycles. The number of aromatic amines is 1. The zero-order valence-corrected chi connectivity index (χ0v) is 14.7. The van der Waals surface area contributed by atoms with E-state index in [2.05, 4.69) is 22.2 Å². The maximum Gasteiger partial charge on any atom is 0.177 e. The fourth-order valence-corrected chi connectivity index (χ4v) is 3.06. The van der Waals surface area contributed by atoms with Gasteiger partial charge in [0, 0.05) is 0 Å². The lowest BCUT2D eigenvalue weighted by atomic mass is 10.2. The molecule has 4 aromatic rings. The molecule has 4 rings (SSSR count). The summed E-state index contributed by atoms with van der Waals surface area (Å²) >= 11 is 0. The average molecular weight is 348 g/mol. The first-order valence-electron chi connectivity index (χ1n) is 8.59. The number of hydrogen-bond donors (Lipinski definition) is 2. The molecule has 0 aliphatic rings. The van der Waals surface area contributed by atoms with E-state index >= 15 is 0 Å². The number of phenolic OH excluding ortho intramolecular Hbond substituents is 1. The van der Waals surface area contributed by atoms with Crippen molar-refractivity contribution in [2.24, 2.45) is 0 Å². The van der Waals surface area contributed by atoms with Crippen molar-refractivity contribution in [1.29, 1.82) is 0 Å². The summed E-state index contributed by atoms with van der Waals surface area (Å²) in [5, 5.41) is 15.1. The molecule has 0 atom stereocenters. The fourth-order valence-electron chi connectivity index (χ4n) is 3.06. The molecule has 26 heavy (non-hydrogen) atoms. The Morgan fingerprint density at radius 1 is 1.12 bits per heavy atom. The molecule has 2 N–H and O–H groups in total. The number of aryl methyl sites for hydroxylation is 1. The van der Waals surface area contributed by atoms with Gasteiger partial charge in [-0.15, -0.1) is 0 Å². The predicted molar refractivity (Wildman–Crippen MR) is 100 cm³/mol. The summed E-state index contributed by atoms with van der Waals surface area (Å²) in [6.07, 6.45) is 0. The summed E-state index contributed by atoms with van der Waals surface area (Å²) in [5.41, 5.74) is 4.27. The van der Waals surface area contributed by atoms with Gasteiger partial charge in [-0.2, -0.15) is 5.10 Å². The first-order chi connectivity index (χ1) is 12.7. The number of para-hydroxylation sites is 1. The number of ether oxygens (including phenoxy) is 1. The molecule has 6 heteroatoms. The molecule has 0 radical (unpaired) electrons. The minimum Gasteiger partial charge on any atom is -0.504 e. The van der Waals surface area contributed by atoms with E-state index in [0.29, 0.717) is 30.3 Å². The van der Waals surface area contributed by atoms with Gasteiger partial charge in [0.25, 0.3) is 0 Å². The van der Waals surface area contributed by atoms with Crippen molar-refractivity contribution in [3.05, 3.63) is 59.8 Å².